The van der Waals surface area contributed by atoms with Gasteiger partial charge >= 0.3 is 0 Å². The highest BCUT2D eigenvalue weighted by Gasteiger charge is 1.96. The average molecular weight is 192 g/mol. The average Bonchev–Trinajstić information content (AvgIpc) is 2.10. The van der Waals surface area contributed by atoms with Crippen LogP contribution in [-0.4, -0.2) is 11.2 Å². The number of benzene rings is 1. The molecule has 1 aromatic carbocycles. The minimum absolute atomic E-state index is 0.217. The third-order valence-corrected chi connectivity index (χ3v) is 1.79. The zero-order valence-electron chi connectivity index (χ0n) is 8.34. The van der Waals surface area contributed by atoms with Crippen molar-refractivity contribution in [3.63, 3.8) is 0 Å². The summed E-state index contributed by atoms with van der Waals surface area (Å²) < 4.78 is 12.9. The Kier molecular flexibility index (Phi) is 3.67. The van der Waals surface area contributed by atoms with Crippen LogP contribution in [0.25, 0.3) is 0 Å². The van der Waals surface area contributed by atoms with Crippen molar-refractivity contribution < 1.29 is 9.50 Å². The molecule has 14 heavy (non-hydrogen) atoms. The van der Waals surface area contributed by atoms with Crippen LogP contribution in [0.5, 0.6) is 0 Å². The first-order valence-corrected chi connectivity index (χ1v) is 4.52. The summed E-state index contributed by atoms with van der Waals surface area (Å²) in [5.74, 6) is 5.48. The molecule has 0 saturated heterocycles. The van der Waals surface area contributed by atoms with Gasteiger partial charge in [-0.05, 0) is 37.6 Å². The maximum atomic E-state index is 12.9. The van der Waals surface area contributed by atoms with E-state index in [2.05, 4.69) is 11.8 Å². The number of aliphatic hydroxyl groups is 1. The van der Waals surface area contributed by atoms with Crippen molar-refractivity contribution >= 4 is 0 Å². The van der Waals surface area contributed by atoms with E-state index < -0.39 is 6.10 Å². The molecule has 74 valence electrons. The first kappa shape index (κ1) is 10.7. The van der Waals surface area contributed by atoms with Crippen LogP contribution < -0.4 is 0 Å². The Morgan fingerprint density at radius 1 is 1.50 bits per heavy atom. The molecule has 1 aromatic rings. The van der Waals surface area contributed by atoms with Crippen LogP contribution in [-0.2, 0) is 0 Å². The molecule has 0 fully saturated rings. The summed E-state index contributed by atoms with van der Waals surface area (Å²) in [5.41, 5.74) is 1.37. The van der Waals surface area contributed by atoms with Gasteiger partial charge in [0.05, 0.1) is 6.10 Å². The topological polar surface area (TPSA) is 20.2 Å². The van der Waals surface area contributed by atoms with Crippen molar-refractivity contribution in [2.45, 2.75) is 26.4 Å². The van der Waals surface area contributed by atoms with Gasteiger partial charge in [-0.1, -0.05) is 11.8 Å². The summed E-state index contributed by atoms with van der Waals surface area (Å²) in [6.07, 6.45) is 0.0280. The highest BCUT2D eigenvalue weighted by Crippen LogP contribution is 2.07. The van der Waals surface area contributed by atoms with Crippen molar-refractivity contribution in [3.05, 3.63) is 35.1 Å². The minimum atomic E-state index is -0.413. The number of rotatable bonds is 1. The van der Waals surface area contributed by atoms with E-state index >= 15 is 0 Å². The monoisotopic (exact) mass is 192 g/mol. The highest BCUT2D eigenvalue weighted by atomic mass is 19.1. The zero-order valence-corrected chi connectivity index (χ0v) is 8.34. The fourth-order valence-corrected chi connectivity index (χ4v) is 1.02. The maximum absolute atomic E-state index is 12.9. The lowest BCUT2D eigenvalue weighted by atomic mass is 10.1. The van der Waals surface area contributed by atoms with E-state index in [-0.39, 0.29) is 5.82 Å². The Hall–Kier alpha value is -1.33. The second-order valence-corrected chi connectivity index (χ2v) is 3.32. The van der Waals surface area contributed by atoms with Gasteiger partial charge in [0.1, 0.15) is 5.82 Å². The lowest BCUT2D eigenvalue weighted by Crippen LogP contribution is -1.95. The van der Waals surface area contributed by atoms with Crippen LogP contribution in [0, 0.1) is 24.6 Å². The molecule has 1 rings (SSSR count). The number of hydrogen-bond acceptors (Lipinski definition) is 1. The molecule has 0 bridgehead atoms. The van der Waals surface area contributed by atoms with Gasteiger partial charge in [0.15, 0.2) is 0 Å². The molecule has 0 aliphatic rings. The Balaban J connectivity index is 2.76. The Morgan fingerprint density at radius 2 is 2.21 bits per heavy atom. The van der Waals surface area contributed by atoms with E-state index in [0.717, 1.165) is 5.56 Å². The van der Waals surface area contributed by atoms with Crippen LogP contribution in [0.1, 0.15) is 24.5 Å². The molecule has 0 heterocycles. The summed E-state index contributed by atoms with van der Waals surface area (Å²) in [5, 5.41) is 8.97. The number of hydrogen-bond donors (Lipinski definition) is 1. The Morgan fingerprint density at radius 3 is 2.79 bits per heavy atom. The van der Waals surface area contributed by atoms with E-state index in [1.165, 1.54) is 6.07 Å². The molecule has 0 aromatic heterocycles. The second-order valence-electron chi connectivity index (χ2n) is 3.32. The van der Waals surface area contributed by atoms with E-state index in [9.17, 15) is 4.39 Å². The van der Waals surface area contributed by atoms with E-state index in [4.69, 9.17) is 5.11 Å². The van der Waals surface area contributed by atoms with Crippen LogP contribution >= 0.6 is 0 Å². The van der Waals surface area contributed by atoms with Gasteiger partial charge in [-0.15, -0.1) is 0 Å². The van der Waals surface area contributed by atoms with Gasteiger partial charge in [-0.25, -0.2) is 4.39 Å². The molecular formula is C12H13FO. The molecule has 1 nitrogen and oxygen atoms in total. The molecule has 0 aliphatic heterocycles. The lowest BCUT2D eigenvalue weighted by Gasteiger charge is -1.96. The second kappa shape index (κ2) is 4.78. The summed E-state index contributed by atoms with van der Waals surface area (Å²) in [7, 11) is 0. The molecule has 1 N–H and O–H groups in total. The highest BCUT2D eigenvalue weighted by molar-refractivity contribution is 5.37. The number of aryl methyl sites for hydroxylation is 1. The molecule has 0 radical (unpaired) electrons. The Labute approximate surface area is 83.6 Å². The minimum Gasteiger partial charge on any atom is -0.392 e. The van der Waals surface area contributed by atoms with Crippen molar-refractivity contribution in [1.29, 1.82) is 0 Å². The third-order valence-electron chi connectivity index (χ3n) is 1.79. The fraction of sp³-hybridized carbons (Fsp3) is 0.333. The van der Waals surface area contributed by atoms with Crippen LogP contribution in [0.4, 0.5) is 4.39 Å². The Bertz CT molecular complexity index is 372. The van der Waals surface area contributed by atoms with Gasteiger partial charge in [0.25, 0.3) is 0 Å². The quantitative estimate of drug-likeness (QED) is 0.677. The van der Waals surface area contributed by atoms with Gasteiger partial charge in [-0.3, -0.25) is 0 Å². The molecule has 0 saturated carbocycles. The molecule has 0 amide bonds. The summed E-state index contributed by atoms with van der Waals surface area (Å²) >= 11 is 0. The smallest absolute Gasteiger partial charge is 0.126 e. The molecule has 2 heteroatoms. The SMILES string of the molecule is Cc1cc(C#CCC(C)O)ccc1F. The van der Waals surface area contributed by atoms with E-state index in [1.54, 1.807) is 26.0 Å². The zero-order chi connectivity index (χ0) is 10.6. The van der Waals surface area contributed by atoms with Crippen molar-refractivity contribution in [3.8, 4) is 11.8 Å². The van der Waals surface area contributed by atoms with Crippen molar-refractivity contribution in [2.75, 3.05) is 0 Å². The van der Waals surface area contributed by atoms with Crippen LogP contribution in [0.2, 0.25) is 0 Å². The standard InChI is InChI=1S/C12H13FO/c1-9-8-11(6-7-12(9)13)5-3-4-10(2)14/h6-8,10,14H,4H2,1-2H3. The first-order chi connectivity index (χ1) is 6.59. The molecule has 1 atom stereocenters. The predicted molar refractivity (Wildman–Crippen MR) is 54.3 cm³/mol. The molecule has 1 unspecified atom stereocenters. The lowest BCUT2D eigenvalue weighted by molar-refractivity contribution is 0.201. The largest absolute Gasteiger partial charge is 0.392 e. The maximum Gasteiger partial charge on any atom is 0.126 e. The van der Waals surface area contributed by atoms with Gasteiger partial charge in [0, 0.05) is 12.0 Å². The predicted octanol–water partition coefficient (Wildman–Crippen LogP) is 2.26. The number of halogens is 1. The van der Waals surface area contributed by atoms with Gasteiger partial charge in [0.2, 0.25) is 0 Å². The van der Waals surface area contributed by atoms with Gasteiger partial charge in [-0.2, -0.15) is 0 Å². The summed E-state index contributed by atoms with van der Waals surface area (Å²) in [4.78, 5) is 0. The first-order valence-electron chi connectivity index (χ1n) is 4.52. The summed E-state index contributed by atoms with van der Waals surface area (Å²) in [6, 6.07) is 4.74. The fourth-order valence-electron chi connectivity index (χ4n) is 1.02. The molecule has 0 aliphatic carbocycles. The molecule has 0 spiro atoms. The summed E-state index contributed by atoms with van der Waals surface area (Å²) in [6.45, 7) is 3.39. The van der Waals surface area contributed by atoms with Crippen LogP contribution in [0.3, 0.4) is 0 Å². The van der Waals surface area contributed by atoms with Gasteiger partial charge < -0.3 is 5.11 Å². The van der Waals surface area contributed by atoms with E-state index in [1.807, 2.05) is 0 Å². The van der Waals surface area contributed by atoms with Crippen molar-refractivity contribution in [2.24, 2.45) is 0 Å². The van der Waals surface area contributed by atoms with Crippen LogP contribution in [0.15, 0.2) is 18.2 Å². The normalized spacial score (nSPS) is 11.7. The van der Waals surface area contributed by atoms with Crippen molar-refractivity contribution in [1.82, 2.24) is 0 Å². The number of aliphatic hydroxyl groups excluding tert-OH is 1. The van der Waals surface area contributed by atoms with E-state index in [0.29, 0.717) is 12.0 Å². The third kappa shape index (κ3) is 3.20. The molecular weight excluding hydrogens is 179 g/mol.